The second-order valence-corrected chi connectivity index (χ2v) is 8.30. The first kappa shape index (κ1) is 22.5. The molecule has 1 aliphatic carbocycles. The fourth-order valence-electron chi connectivity index (χ4n) is 3.25. The van der Waals surface area contributed by atoms with Crippen molar-refractivity contribution in [3.8, 4) is 0 Å². The summed E-state index contributed by atoms with van der Waals surface area (Å²) in [6, 6.07) is 9.13. The summed E-state index contributed by atoms with van der Waals surface area (Å²) in [7, 11) is 0. The van der Waals surface area contributed by atoms with Crippen molar-refractivity contribution in [2.24, 2.45) is 0 Å². The van der Waals surface area contributed by atoms with Crippen LogP contribution in [0.4, 0.5) is 10.5 Å². The number of rotatable bonds is 6. The summed E-state index contributed by atoms with van der Waals surface area (Å²) in [4.78, 5) is 49.1. The Kier molecular flexibility index (Phi) is 7.77. The van der Waals surface area contributed by atoms with E-state index >= 15 is 0 Å². The van der Waals surface area contributed by atoms with Gasteiger partial charge in [-0.25, -0.2) is 9.59 Å². The summed E-state index contributed by atoms with van der Waals surface area (Å²) in [6.45, 7) is 1.40. The molecule has 0 spiro atoms. The number of anilines is 1. The molecule has 9 heteroatoms. The Morgan fingerprint density at radius 3 is 2.39 bits per heavy atom. The van der Waals surface area contributed by atoms with E-state index in [-0.39, 0.29) is 17.5 Å². The summed E-state index contributed by atoms with van der Waals surface area (Å²) < 4.78 is 5.15. The van der Waals surface area contributed by atoms with Crippen LogP contribution in [0.25, 0.3) is 0 Å². The molecule has 1 aliphatic rings. The van der Waals surface area contributed by atoms with Gasteiger partial charge in [-0.2, -0.15) is 0 Å². The minimum Gasteiger partial charge on any atom is -0.449 e. The van der Waals surface area contributed by atoms with Crippen molar-refractivity contribution < 1.29 is 23.9 Å². The molecule has 1 unspecified atom stereocenters. The van der Waals surface area contributed by atoms with Crippen molar-refractivity contribution in [1.29, 1.82) is 0 Å². The van der Waals surface area contributed by atoms with Gasteiger partial charge in [-0.15, -0.1) is 11.3 Å². The Balaban J connectivity index is 1.46. The number of carbonyl (C=O) groups excluding carboxylic acids is 4. The molecule has 3 N–H and O–H groups in total. The molecule has 4 amide bonds. The highest BCUT2D eigenvalue weighted by molar-refractivity contribution is 7.12. The zero-order valence-electron chi connectivity index (χ0n) is 17.2. The number of hydrogen-bond donors (Lipinski definition) is 3. The highest BCUT2D eigenvalue weighted by atomic mass is 32.1. The van der Waals surface area contributed by atoms with Crippen LogP contribution in [0.1, 0.15) is 59.1 Å². The molecule has 0 aliphatic heterocycles. The van der Waals surface area contributed by atoms with E-state index in [2.05, 4.69) is 16.0 Å². The average molecular weight is 444 g/mol. The normalized spacial score (nSPS) is 14.9. The number of urea groups is 1. The van der Waals surface area contributed by atoms with E-state index in [0.29, 0.717) is 10.6 Å². The SMILES string of the molecule is CC(OC(=O)c1ccc(NC(=O)c2cccs2)cc1)C(=O)NC(=O)NC1CCCCC1. The van der Waals surface area contributed by atoms with Crippen LogP contribution < -0.4 is 16.0 Å². The number of ether oxygens (including phenoxy) is 1. The van der Waals surface area contributed by atoms with Crippen molar-refractivity contribution in [2.75, 3.05) is 5.32 Å². The third kappa shape index (κ3) is 6.65. The lowest BCUT2D eigenvalue weighted by molar-refractivity contribution is -0.127. The highest BCUT2D eigenvalue weighted by Crippen LogP contribution is 2.17. The molecule has 1 fully saturated rings. The third-order valence-corrected chi connectivity index (χ3v) is 5.82. The Morgan fingerprint density at radius 2 is 1.74 bits per heavy atom. The van der Waals surface area contributed by atoms with Gasteiger partial charge in [0, 0.05) is 11.7 Å². The van der Waals surface area contributed by atoms with Gasteiger partial charge < -0.3 is 15.4 Å². The lowest BCUT2D eigenvalue weighted by Crippen LogP contribution is -2.48. The molecule has 1 atom stereocenters. The maximum Gasteiger partial charge on any atom is 0.338 e. The summed E-state index contributed by atoms with van der Waals surface area (Å²) in [6.07, 6.45) is 3.94. The van der Waals surface area contributed by atoms with Crippen molar-refractivity contribution in [3.63, 3.8) is 0 Å². The maximum atomic E-state index is 12.3. The molecular weight excluding hydrogens is 418 g/mol. The summed E-state index contributed by atoms with van der Waals surface area (Å²) in [5.41, 5.74) is 0.751. The molecule has 164 valence electrons. The monoisotopic (exact) mass is 443 g/mol. The molecule has 0 bridgehead atoms. The minimum absolute atomic E-state index is 0.0678. The largest absolute Gasteiger partial charge is 0.449 e. The standard InChI is InChI=1S/C22H25N3O5S/c1-14(19(26)25-22(29)24-16-6-3-2-4-7-16)30-21(28)15-9-11-17(12-10-15)23-20(27)18-8-5-13-31-18/h5,8-14,16H,2-4,6-7H2,1H3,(H,23,27)(H2,24,25,26,29). The Labute approximate surface area is 184 Å². The van der Waals surface area contributed by atoms with E-state index in [4.69, 9.17) is 4.74 Å². The zero-order chi connectivity index (χ0) is 22.2. The van der Waals surface area contributed by atoms with Gasteiger partial charge >= 0.3 is 12.0 Å². The Hall–Kier alpha value is -3.20. The van der Waals surface area contributed by atoms with Gasteiger partial charge in [-0.1, -0.05) is 25.3 Å². The van der Waals surface area contributed by atoms with Crippen LogP contribution in [0.3, 0.4) is 0 Å². The molecule has 31 heavy (non-hydrogen) atoms. The Bertz CT molecular complexity index is 921. The topological polar surface area (TPSA) is 114 Å². The third-order valence-electron chi connectivity index (χ3n) is 4.95. The second kappa shape index (κ2) is 10.7. The van der Waals surface area contributed by atoms with E-state index in [1.165, 1.54) is 30.4 Å². The van der Waals surface area contributed by atoms with Crippen molar-refractivity contribution in [2.45, 2.75) is 51.2 Å². The number of esters is 1. The fraction of sp³-hybridized carbons (Fsp3) is 0.364. The van der Waals surface area contributed by atoms with Gasteiger partial charge in [0.05, 0.1) is 10.4 Å². The molecular formula is C22H25N3O5S. The number of thiophene rings is 1. The van der Waals surface area contributed by atoms with Crippen LogP contribution in [-0.4, -0.2) is 36.0 Å². The number of imide groups is 1. The second-order valence-electron chi connectivity index (χ2n) is 7.35. The Morgan fingerprint density at radius 1 is 1.03 bits per heavy atom. The quantitative estimate of drug-likeness (QED) is 0.589. The van der Waals surface area contributed by atoms with Gasteiger partial charge in [0.15, 0.2) is 6.10 Å². The number of amides is 4. The first-order valence-electron chi connectivity index (χ1n) is 10.2. The lowest BCUT2D eigenvalue weighted by atomic mass is 9.96. The summed E-state index contributed by atoms with van der Waals surface area (Å²) in [5, 5.41) is 9.54. The van der Waals surface area contributed by atoms with Gasteiger partial charge in [-0.3, -0.25) is 14.9 Å². The fourth-order valence-corrected chi connectivity index (χ4v) is 3.87. The number of benzene rings is 1. The van der Waals surface area contributed by atoms with Crippen LogP contribution in [0.5, 0.6) is 0 Å². The van der Waals surface area contributed by atoms with Crippen molar-refractivity contribution in [3.05, 3.63) is 52.2 Å². The lowest BCUT2D eigenvalue weighted by Gasteiger charge is -2.23. The van der Waals surface area contributed by atoms with Crippen LogP contribution >= 0.6 is 11.3 Å². The minimum atomic E-state index is -1.14. The van der Waals surface area contributed by atoms with Crippen LogP contribution in [0.2, 0.25) is 0 Å². The predicted molar refractivity (Wildman–Crippen MR) is 117 cm³/mol. The van der Waals surface area contributed by atoms with Crippen LogP contribution in [0, 0.1) is 0 Å². The van der Waals surface area contributed by atoms with E-state index in [9.17, 15) is 19.2 Å². The van der Waals surface area contributed by atoms with Gasteiger partial charge in [0.2, 0.25) is 0 Å². The molecule has 2 aromatic rings. The average Bonchev–Trinajstić information content (AvgIpc) is 3.30. The van der Waals surface area contributed by atoms with Crippen LogP contribution in [0.15, 0.2) is 41.8 Å². The molecule has 0 radical (unpaired) electrons. The smallest absolute Gasteiger partial charge is 0.338 e. The van der Waals surface area contributed by atoms with E-state index in [1.807, 2.05) is 5.38 Å². The first-order chi connectivity index (χ1) is 14.9. The van der Waals surface area contributed by atoms with Gasteiger partial charge in [0.25, 0.3) is 11.8 Å². The van der Waals surface area contributed by atoms with Gasteiger partial charge in [-0.05, 0) is 55.5 Å². The summed E-state index contributed by atoms with van der Waals surface area (Å²) in [5.74, 6) is -1.63. The number of carbonyl (C=O) groups is 4. The number of nitrogens with one attached hydrogen (secondary N) is 3. The predicted octanol–water partition coefficient (Wildman–Crippen LogP) is 3.70. The molecule has 1 aromatic carbocycles. The highest BCUT2D eigenvalue weighted by Gasteiger charge is 2.22. The summed E-state index contributed by atoms with van der Waals surface area (Å²) >= 11 is 1.33. The van der Waals surface area contributed by atoms with Gasteiger partial charge in [0.1, 0.15) is 0 Å². The first-order valence-corrected chi connectivity index (χ1v) is 11.1. The van der Waals surface area contributed by atoms with Crippen LogP contribution in [-0.2, 0) is 9.53 Å². The number of hydrogen-bond acceptors (Lipinski definition) is 6. The molecule has 1 heterocycles. The maximum absolute atomic E-state index is 12.3. The molecule has 1 aromatic heterocycles. The molecule has 3 rings (SSSR count). The molecule has 1 saturated carbocycles. The van der Waals surface area contributed by atoms with E-state index in [1.54, 1.807) is 24.3 Å². The van der Waals surface area contributed by atoms with E-state index < -0.39 is 24.0 Å². The molecule has 8 nitrogen and oxygen atoms in total. The molecule has 0 saturated heterocycles. The van der Waals surface area contributed by atoms with Crippen molar-refractivity contribution in [1.82, 2.24) is 10.6 Å². The van der Waals surface area contributed by atoms with Crippen molar-refractivity contribution >= 4 is 40.8 Å². The zero-order valence-corrected chi connectivity index (χ0v) is 18.0. The van der Waals surface area contributed by atoms with E-state index in [0.717, 1.165) is 32.1 Å².